The second-order valence-corrected chi connectivity index (χ2v) is 4.24. The van der Waals surface area contributed by atoms with Gasteiger partial charge in [0.2, 0.25) is 11.8 Å². The van der Waals surface area contributed by atoms with Gasteiger partial charge in [0.05, 0.1) is 0 Å². The minimum atomic E-state index is -0.454. The Hall–Kier alpha value is -1.84. The quantitative estimate of drug-likeness (QED) is 0.804. The average molecular weight is 234 g/mol. The van der Waals surface area contributed by atoms with E-state index in [4.69, 9.17) is 5.73 Å². The van der Waals surface area contributed by atoms with Crippen LogP contribution in [-0.2, 0) is 11.2 Å². The number of carbonyl (C=O) groups excluding carboxylic acids is 2. The molecule has 0 unspecified atom stereocenters. The van der Waals surface area contributed by atoms with Crippen LogP contribution in [0.25, 0.3) is 0 Å². The number of hydrogen-bond acceptors (Lipinski definition) is 2. The predicted octanol–water partition coefficient (Wildman–Crippen LogP) is 1.24. The highest BCUT2D eigenvalue weighted by Crippen LogP contribution is 2.10. The van der Waals surface area contributed by atoms with Crippen molar-refractivity contribution in [2.45, 2.75) is 32.7 Å². The molecule has 0 heterocycles. The lowest BCUT2D eigenvalue weighted by molar-refractivity contribution is -0.121. The van der Waals surface area contributed by atoms with Gasteiger partial charge in [0, 0.05) is 18.0 Å². The lowest BCUT2D eigenvalue weighted by Gasteiger charge is -2.09. The topological polar surface area (TPSA) is 72.2 Å². The summed E-state index contributed by atoms with van der Waals surface area (Å²) in [6, 6.07) is 7.23. The Morgan fingerprint density at radius 2 is 1.94 bits per heavy atom. The van der Waals surface area contributed by atoms with E-state index in [0.29, 0.717) is 18.4 Å². The van der Waals surface area contributed by atoms with Crippen LogP contribution in [0.4, 0.5) is 0 Å². The molecule has 0 aliphatic carbocycles. The van der Waals surface area contributed by atoms with Gasteiger partial charge >= 0.3 is 0 Å². The molecular weight excluding hydrogens is 216 g/mol. The van der Waals surface area contributed by atoms with Gasteiger partial charge in [-0.3, -0.25) is 9.59 Å². The predicted molar refractivity (Wildman–Crippen MR) is 66.6 cm³/mol. The van der Waals surface area contributed by atoms with Crippen LogP contribution in [0.2, 0.25) is 0 Å². The molecule has 1 aromatic rings. The summed E-state index contributed by atoms with van der Waals surface area (Å²) in [6.45, 7) is 3.82. The van der Waals surface area contributed by atoms with Crippen LogP contribution < -0.4 is 11.1 Å². The Bertz CT molecular complexity index is 414. The molecule has 1 aromatic carbocycles. The minimum absolute atomic E-state index is 0.0146. The molecule has 0 radical (unpaired) electrons. The third kappa shape index (κ3) is 4.26. The average Bonchev–Trinajstić information content (AvgIpc) is 2.25. The third-order valence-corrected chi connectivity index (χ3v) is 2.35. The molecule has 0 atom stereocenters. The second-order valence-electron chi connectivity index (χ2n) is 4.24. The molecule has 3 N–H and O–H groups in total. The summed E-state index contributed by atoms with van der Waals surface area (Å²) < 4.78 is 0. The van der Waals surface area contributed by atoms with Crippen LogP contribution in [0, 0.1) is 0 Å². The maximum atomic E-state index is 11.5. The summed E-state index contributed by atoms with van der Waals surface area (Å²) in [7, 11) is 0. The van der Waals surface area contributed by atoms with Gasteiger partial charge in [0.1, 0.15) is 0 Å². The van der Waals surface area contributed by atoms with Gasteiger partial charge < -0.3 is 11.1 Å². The van der Waals surface area contributed by atoms with Crippen molar-refractivity contribution in [3.8, 4) is 0 Å². The fourth-order valence-electron chi connectivity index (χ4n) is 1.62. The van der Waals surface area contributed by atoms with Gasteiger partial charge in [-0.1, -0.05) is 18.2 Å². The molecule has 0 saturated carbocycles. The zero-order valence-electron chi connectivity index (χ0n) is 10.2. The normalized spacial score (nSPS) is 10.3. The largest absolute Gasteiger partial charge is 0.366 e. The van der Waals surface area contributed by atoms with Gasteiger partial charge in [-0.2, -0.15) is 0 Å². The van der Waals surface area contributed by atoms with E-state index in [-0.39, 0.29) is 11.9 Å². The standard InChI is InChI=1S/C13H18N2O2/c1-9(2)15-12(16)8-7-10-5-3-4-6-11(10)13(14)17/h3-6,9H,7-8H2,1-2H3,(H2,14,17)(H,15,16). The number of primary amides is 1. The molecule has 1 rings (SSSR count). The molecule has 0 aliphatic rings. The molecule has 0 aromatic heterocycles. The Balaban J connectivity index is 2.63. The third-order valence-electron chi connectivity index (χ3n) is 2.35. The van der Waals surface area contributed by atoms with Gasteiger partial charge in [-0.25, -0.2) is 0 Å². The number of hydrogen-bond donors (Lipinski definition) is 2. The molecule has 2 amide bonds. The van der Waals surface area contributed by atoms with E-state index in [0.717, 1.165) is 5.56 Å². The molecular formula is C13H18N2O2. The van der Waals surface area contributed by atoms with E-state index < -0.39 is 5.91 Å². The zero-order valence-corrected chi connectivity index (χ0v) is 10.2. The first-order chi connectivity index (χ1) is 8.00. The fraction of sp³-hybridized carbons (Fsp3) is 0.385. The van der Waals surface area contributed by atoms with Gasteiger partial charge in [-0.05, 0) is 31.9 Å². The highest BCUT2D eigenvalue weighted by Gasteiger charge is 2.09. The first-order valence-electron chi connectivity index (χ1n) is 5.67. The van der Waals surface area contributed by atoms with Crippen molar-refractivity contribution in [2.75, 3.05) is 0 Å². The van der Waals surface area contributed by atoms with Crippen molar-refractivity contribution in [2.24, 2.45) is 5.73 Å². The van der Waals surface area contributed by atoms with Crippen molar-refractivity contribution in [1.29, 1.82) is 0 Å². The smallest absolute Gasteiger partial charge is 0.248 e. The lowest BCUT2D eigenvalue weighted by atomic mass is 10.0. The van der Waals surface area contributed by atoms with Crippen molar-refractivity contribution < 1.29 is 9.59 Å². The van der Waals surface area contributed by atoms with Crippen LogP contribution >= 0.6 is 0 Å². The Morgan fingerprint density at radius 1 is 1.29 bits per heavy atom. The van der Waals surface area contributed by atoms with Crippen molar-refractivity contribution >= 4 is 11.8 Å². The SMILES string of the molecule is CC(C)NC(=O)CCc1ccccc1C(N)=O. The maximum absolute atomic E-state index is 11.5. The number of nitrogens with one attached hydrogen (secondary N) is 1. The highest BCUT2D eigenvalue weighted by atomic mass is 16.2. The summed E-state index contributed by atoms with van der Waals surface area (Å²) >= 11 is 0. The van der Waals surface area contributed by atoms with E-state index >= 15 is 0 Å². The second kappa shape index (κ2) is 6.03. The van der Waals surface area contributed by atoms with Crippen LogP contribution in [0.3, 0.4) is 0 Å². The van der Waals surface area contributed by atoms with Crippen LogP contribution in [-0.4, -0.2) is 17.9 Å². The summed E-state index contributed by atoms with van der Waals surface area (Å²) in [5, 5.41) is 2.81. The Kier molecular flexibility index (Phi) is 4.69. The molecule has 17 heavy (non-hydrogen) atoms. The van der Waals surface area contributed by atoms with E-state index in [1.807, 2.05) is 26.0 Å². The van der Waals surface area contributed by atoms with Gasteiger partial charge in [0.25, 0.3) is 0 Å². The van der Waals surface area contributed by atoms with Crippen LogP contribution in [0.5, 0.6) is 0 Å². The van der Waals surface area contributed by atoms with Crippen LogP contribution in [0.15, 0.2) is 24.3 Å². The molecule has 0 spiro atoms. The fourth-order valence-corrected chi connectivity index (χ4v) is 1.62. The summed E-state index contributed by atoms with van der Waals surface area (Å²) in [5.74, 6) is -0.468. The number of rotatable bonds is 5. The van der Waals surface area contributed by atoms with Crippen molar-refractivity contribution in [3.63, 3.8) is 0 Å². The molecule has 4 nitrogen and oxygen atoms in total. The van der Waals surface area contributed by atoms with Gasteiger partial charge in [-0.15, -0.1) is 0 Å². The maximum Gasteiger partial charge on any atom is 0.248 e. The number of amides is 2. The first kappa shape index (κ1) is 13.2. The van der Waals surface area contributed by atoms with E-state index in [1.165, 1.54) is 0 Å². The number of nitrogens with two attached hydrogens (primary N) is 1. The number of benzene rings is 1. The van der Waals surface area contributed by atoms with Crippen molar-refractivity contribution in [3.05, 3.63) is 35.4 Å². The van der Waals surface area contributed by atoms with E-state index in [9.17, 15) is 9.59 Å². The molecule has 0 saturated heterocycles. The first-order valence-corrected chi connectivity index (χ1v) is 5.67. The Labute approximate surface area is 101 Å². The lowest BCUT2D eigenvalue weighted by Crippen LogP contribution is -2.30. The Morgan fingerprint density at radius 3 is 2.53 bits per heavy atom. The van der Waals surface area contributed by atoms with Crippen molar-refractivity contribution in [1.82, 2.24) is 5.32 Å². The summed E-state index contributed by atoms with van der Waals surface area (Å²) in [5.41, 5.74) is 6.57. The summed E-state index contributed by atoms with van der Waals surface area (Å²) in [6.07, 6.45) is 0.889. The van der Waals surface area contributed by atoms with Crippen LogP contribution in [0.1, 0.15) is 36.2 Å². The molecule has 0 fully saturated rings. The van der Waals surface area contributed by atoms with E-state index in [2.05, 4.69) is 5.32 Å². The molecule has 0 aliphatic heterocycles. The molecule has 0 bridgehead atoms. The monoisotopic (exact) mass is 234 g/mol. The molecule has 4 heteroatoms. The minimum Gasteiger partial charge on any atom is -0.366 e. The molecule has 92 valence electrons. The number of carbonyl (C=O) groups is 2. The highest BCUT2D eigenvalue weighted by molar-refractivity contribution is 5.94. The summed E-state index contributed by atoms with van der Waals surface area (Å²) in [4.78, 5) is 22.6. The number of aryl methyl sites for hydroxylation is 1. The van der Waals surface area contributed by atoms with E-state index in [1.54, 1.807) is 12.1 Å². The van der Waals surface area contributed by atoms with Gasteiger partial charge in [0.15, 0.2) is 0 Å². The zero-order chi connectivity index (χ0) is 12.8.